The van der Waals surface area contributed by atoms with Crippen LogP contribution in [0.2, 0.25) is 0 Å². The van der Waals surface area contributed by atoms with Crippen molar-refractivity contribution in [1.29, 1.82) is 0 Å². The minimum Gasteiger partial charge on any atom is -0.389 e. The van der Waals surface area contributed by atoms with E-state index in [0.29, 0.717) is 11.3 Å². The molecule has 0 fully saturated rings. The molecule has 0 unspecified atom stereocenters. The summed E-state index contributed by atoms with van der Waals surface area (Å²) in [6, 6.07) is 5.26. The van der Waals surface area contributed by atoms with Gasteiger partial charge >= 0.3 is 6.03 Å². The number of anilines is 1. The maximum absolute atomic E-state index is 11.8. The Balaban J connectivity index is 2.95. The van der Waals surface area contributed by atoms with E-state index in [1.807, 2.05) is 39.8 Å². The third kappa shape index (κ3) is 4.00. The molecule has 0 spiro atoms. The van der Waals surface area contributed by atoms with E-state index in [0.717, 1.165) is 5.56 Å². The maximum Gasteiger partial charge on any atom is 0.319 e. The number of nitrogens with one attached hydrogen (secondary N) is 2. The summed E-state index contributed by atoms with van der Waals surface area (Å²) in [6.07, 6.45) is 0. The molecule has 0 heterocycles. The smallest absolute Gasteiger partial charge is 0.319 e. The normalized spacial score (nSPS) is 10.9. The van der Waals surface area contributed by atoms with E-state index in [9.17, 15) is 4.79 Å². The molecule has 98 valence electrons. The zero-order chi connectivity index (χ0) is 13.9. The summed E-state index contributed by atoms with van der Waals surface area (Å²) >= 11 is 5.01. The highest BCUT2D eigenvalue weighted by Crippen LogP contribution is 2.19. The highest BCUT2D eigenvalue weighted by Gasteiger charge is 2.15. The SMILES string of the molecule is Cc1cccc(NC(=O)NC(C)(C)C)c1C(N)=S. The Bertz CT molecular complexity index is 478. The van der Waals surface area contributed by atoms with Gasteiger partial charge in [-0.1, -0.05) is 24.4 Å². The first-order valence-electron chi connectivity index (χ1n) is 5.69. The van der Waals surface area contributed by atoms with E-state index in [-0.39, 0.29) is 16.6 Å². The number of thiocarbonyl (C=S) groups is 1. The van der Waals surface area contributed by atoms with Crippen LogP contribution in [0.3, 0.4) is 0 Å². The first kappa shape index (κ1) is 14.4. The van der Waals surface area contributed by atoms with Crippen LogP contribution >= 0.6 is 12.2 Å². The fourth-order valence-electron chi connectivity index (χ4n) is 1.59. The number of benzene rings is 1. The molecule has 5 heteroatoms. The van der Waals surface area contributed by atoms with Crippen molar-refractivity contribution >= 4 is 28.9 Å². The molecule has 0 aliphatic carbocycles. The second kappa shape index (κ2) is 5.35. The van der Waals surface area contributed by atoms with Crippen LogP contribution in [0.1, 0.15) is 31.9 Å². The quantitative estimate of drug-likeness (QED) is 0.720. The molecular formula is C13H19N3OS. The van der Waals surface area contributed by atoms with Gasteiger partial charge in [-0.15, -0.1) is 0 Å². The highest BCUT2D eigenvalue weighted by atomic mass is 32.1. The van der Waals surface area contributed by atoms with Crippen LogP contribution in [0.15, 0.2) is 18.2 Å². The van der Waals surface area contributed by atoms with Crippen molar-refractivity contribution in [1.82, 2.24) is 5.32 Å². The molecule has 2 amide bonds. The third-order valence-electron chi connectivity index (χ3n) is 2.26. The number of hydrogen-bond acceptors (Lipinski definition) is 2. The van der Waals surface area contributed by atoms with Gasteiger partial charge in [0.05, 0.1) is 5.69 Å². The molecule has 1 aromatic carbocycles. The Morgan fingerprint density at radius 2 is 1.94 bits per heavy atom. The summed E-state index contributed by atoms with van der Waals surface area (Å²) in [5.74, 6) is 0. The van der Waals surface area contributed by atoms with E-state index < -0.39 is 0 Å². The van der Waals surface area contributed by atoms with E-state index in [4.69, 9.17) is 18.0 Å². The molecule has 1 rings (SSSR count). The summed E-state index contributed by atoms with van der Waals surface area (Å²) in [5, 5.41) is 5.59. The molecule has 1 aromatic rings. The second-order valence-electron chi connectivity index (χ2n) is 5.19. The van der Waals surface area contributed by atoms with Crippen LogP contribution in [-0.4, -0.2) is 16.6 Å². The van der Waals surface area contributed by atoms with E-state index >= 15 is 0 Å². The molecule has 4 nitrogen and oxygen atoms in total. The van der Waals surface area contributed by atoms with Gasteiger partial charge in [-0.25, -0.2) is 4.79 Å². The van der Waals surface area contributed by atoms with Crippen molar-refractivity contribution in [2.75, 3.05) is 5.32 Å². The Hall–Kier alpha value is -1.62. The number of aryl methyl sites for hydroxylation is 1. The topological polar surface area (TPSA) is 67.2 Å². The first-order valence-corrected chi connectivity index (χ1v) is 6.10. The first-order chi connectivity index (χ1) is 8.20. The van der Waals surface area contributed by atoms with Crippen LogP contribution in [0.4, 0.5) is 10.5 Å². The Morgan fingerprint density at radius 3 is 2.44 bits per heavy atom. The van der Waals surface area contributed by atoms with E-state index in [1.165, 1.54) is 0 Å². The van der Waals surface area contributed by atoms with Crippen LogP contribution < -0.4 is 16.4 Å². The molecule has 0 saturated carbocycles. The van der Waals surface area contributed by atoms with Gasteiger partial charge in [0, 0.05) is 11.1 Å². The van der Waals surface area contributed by atoms with Gasteiger partial charge in [-0.3, -0.25) is 0 Å². The summed E-state index contributed by atoms with van der Waals surface area (Å²) in [4.78, 5) is 12.1. The summed E-state index contributed by atoms with van der Waals surface area (Å²) in [5.41, 5.74) is 7.66. The molecular weight excluding hydrogens is 246 g/mol. The van der Waals surface area contributed by atoms with Gasteiger partial charge in [0.25, 0.3) is 0 Å². The second-order valence-corrected chi connectivity index (χ2v) is 5.63. The molecule has 0 saturated heterocycles. The lowest BCUT2D eigenvalue weighted by atomic mass is 10.1. The van der Waals surface area contributed by atoms with E-state index in [2.05, 4.69) is 10.6 Å². The molecule has 0 aliphatic heterocycles. The lowest BCUT2D eigenvalue weighted by molar-refractivity contribution is 0.244. The van der Waals surface area contributed by atoms with Crippen LogP contribution in [0.25, 0.3) is 0 Å². The monoisotopic (exact) mass is 265 g/mol. The van der Waals surface area contributed by atoms with Crippen molar-refractivity contribution < 1.29 is 4.79 Å². The zero-order valence-electron chi connectivity index (χ0n) is 11.1. The lowest BCUT2D eigenvalue weighted by Crippen LogP contribution is -2.43. The number of nitrogens with two attached hydrogens (primary N) is 1. The standard InChI is InChI=1S/C13H19N3OS/c1-8-6-5-7-9(10(8)11(14)18)15-12(17)16-13(2,3)4/h5-7H,1-4H3,(H2,14,18)(H2,15,16,17). The predicted molar refractivity (Wildman–Crippen MR) is 79.0 cm³/mol. The maximum atomic E-state index is 11.8. The van der Waals surface area contributed by atoms with Gasteiger partial charge in [-0.05, 0) is 39.3 Å². The third-order valence-corrected chi connectivity index (χ3v) is 2.46. The summed E-state index contributed by atoms with van der Waals surface area (Å²) in [6.45, 7) is 7.65. The van der Waals surface area contributed by atoms with Gasteiger partial charge in [0.1, 0.15) is 4.99 Å². The fourth-order valence-corrected chi connectivity index (χ4v) is 1.86. The Labute approximate surface area is 113 Å². The molecule has 0 atom stereocenters. The van der Waals surface area contributed by atoms with Crippen LogP contribution in [0.5, 0.6) is 0 Å². The molecule has 18 heavy (non-hydrogen) atoms. The Kier molecular flexibility index (Phi) is 4.29. The van der Waals surface area contributed by atoms with Gasteiger partial charge in [-0.2, -0.15) is 0 Å². The van der Waals surface area contributed by atoms with E-state index in [1.54, 1.807) is 6.07 Å². The van der Waals surface area contributed by atoms with Crippen molar-refractivity contribution in [2.24, 2.45) is 5.73 Å². The molecule has 0 bridgehead atoms. The number of carbonyl (C=O) groups excluding carboxylic acids is 1. The number of amides is 2. The molecule has 0 aromatic heterocycles. The summed E-state index contributed by atoms with van der Waals surface area (Å²) < 4.78 is 0. The number of rotatable bonds is 2. The Morgan fingerprint density at radius 1 is 1.33 bits per heavy atom. The average molecular weight is 265 g/mol. The van der Waals surface area contributed by atoms with Gasteiger partial charge in [0.15, 0.2) is 0 Å². The number of hydrogen-bond donors (Lipinski definition) is 3. The molecule has 0 radical (unpaired) electrons. The minimum atomic E-state index is -0.294. The van der Waals surface area contributed by atoms with Gasteiger partial charge < -0.3 is 16.4 Å². The highest BCUT2D eigenvalue weighted by molar-refractivity contribution is 7.80. The minimum absolute atomic E-state index is 0.273. The van der Waals surface area contributed by atoms with Crippen molar-refractivity contribution in [3.63, 3.8) is 0 Å². The zero-order valence-corrected chi connectivity index (χ0v) is 11.9. The number of urea groups is 1. The average Bonchev–Trinajstić information content (AvgIpc) is 2.13. The summed E-state index contributed by atoms with van der Waals surface area (Å²) in [7, 11) is 0. The predicted octanol–water partition coefficient (Wildman–Crippen LogP) is 2.55. The largest absolute Gasteiger partial charge is 0.389 e. The van der Waals surface area contributed by atoms with Gasteiger partial charge in [0.2, 0.25) is 0 Å². The van der Waals surface area contributed by atoms with Crippen molar-refractivity contribution in [3.05, 3.63) is 29.3 Å². The molecule has 4 N–H and O–H groups in total. The number of carbonyl (C=O) groups is 1. The fraction of sp³-hybridized carbons (Fsp3) is 0.385. The molecule has 0 aliphatic rings. The van der Waals surface area contributed by atoms with Crippen LogP contribution in [0, 0.1) is 6.92 Å². The van der Waals surface area contributed by atoms with Crippen molar-refractivity contribution in [3.8, 4) is 0 Å². The van der Waals surface area contributed by atoms with Crippen LogP contribution in [-0.2, 0) is 0 Å². The van der Waals surface area contributed by atoms with Crippen molar-refractivity contribution in [2.45, 2.75) is 33.2 Å². The lowest BCUT2D eigenvalue weighted by Gasteiger charge is -2.21.